The minimum absolute atomic E-state index is 0.0167. The molecule has 2 aromatic carbocycles. The molecule has 1 aliphatic rings. The summed E-state index contributed by atoms with van der Waals surface area (Å²) >= 11 is 0. The Kier molecular flexibility index (Phi) is 16.3. The van der Waals surface area contributed by atoms with Gasteiger partial charge in [0.1, 0.15) is 22.8 Å². The Morgan fingerprint density at radius 3 is 2.06 bits per heavy atom. The molecule has 262 valence electrons. The molecule has 0 saturated carbocycles. The topological polar surface area (TPSA) is 204 Å². The Morgan fingerprint density at radius 2 is 1.52 bits per heavy atom. The van der Waals surface area contributed by atoms with Crippen molar-refractivity contribution in [1.82, 2.24) is 10.3 Å². The molecule has 2 atom stereocenters. The summed E-state index contributed by atoms with van der Waals surface area (Å²) in [4.78, 5) is 53.2. The summed E-state index contributed by atoms with van der Waals surface area (Å²) in [6.45, 7) is 4.47. The molecular formula is C36H48N2O10. The van der Waals surface area contributed by atoms with Crippen LogP contribution in [0.4, 0.5) is 0 Å². The number of carbonyl (C=O) groups is 4. The minimum atomic E-state index is -1.28. The average Bonchev–Trinajstić information content (AvgIpc) is 3.36. The third-order valence-electron chi connectivity index (χ3n) is 7.89. The highest BCUT2D eigenvalue weighted by atomic mass is 16.5. The molecule has 0 saturated heterocycles. The Morgan fingerprint density at radius 1 is 0.917 bits per heavy atom. The number of ether oxygens (including phenoxy) is 1. The van der Waals surface area contributed by atoms with Crippen LogP contribution in [0.1, 0.15) is 102 Å². The summed E-state index contributed by atoms with van der Waals surface area (Å²) in [5, 5.41) is 48.9. The lowest BCUT2D eigenvalue weighted by Gasteiger charge is -2.20. The molecule has 1 aromatic heterocycles. The number of nitrogens with zero attached hydrogens (tertiary/aromatic N) is 1. The van der Waals surface area contributed by atoms with Crippen molar-refractivity contribution in [3.8, 4) is 5.75 Å². The van der Waals surface area contributed by atoms with Gasteiger partial charge in [0.2, 0.25) is 0 Å². The van der Waals surface area contributed by atoms with Crippen LogP contribution < -0.4 is 5.32 Å². The predicted octanol–water partition coefficient (Wildman–Crippen LogP) is 3.70. The van der Waals surface area contributed by atoms with Crippen LogP contribution in [0.3, 0.4) is 0 Å². The van der Waals surface area contributed by atoms with E-state index in [-0.39, 0.29) is 34.7 Å². The highest BCUT2D eigenvalue weighted by Crippen LogP contribution is 2.38. The standard InChI is InChI=1S/C22H18N2O6.C8H18.C6H12O4/c25-10-13(26)9-23-22(30)12-5-6-14-15(7-12)21(29)18(20(14)28)19-17(27)8-11-3-1-2-4-16(11)24-19;1-3-5-7-8-6-4-2;1-6(3-7,4-8)5(9)10-2/h1-8,13,18,25-27H,9-10H2,(H,23,30);3-8H2,1-2H3;7-8H,3-4H2,1-2H3. The zero-order valence-corrected chi connectivity index (χ0v) is 28.1. The number of esters is 1. The molecule has 0 radical (unpaired) electrons. The van der Waals surface area contributed by atoms with E-state index in [0.29, 0.717) is 10.9 Å². The van der Waals surface area contributed by atoms with Gasteiger partial charge in [0.15, 0.2) is 11.6 Å². The third-order valence-corrected chi connectivity index (χ3v) is 7.89. The van der Waals surface area contributed by atoms with Crippen LogP contribution in [0.15, 0.2) is 48.5 Å². The highest BCUT2D eigenvalue weighted by molar-refractivity contribution is 6.30. The average molecular weight is 669 g/mol. The van der Waals surface area contributed by atoms with E-state index < -0.39 is 60.7 Å². The number of para-hydroxylation sites is 1. The van der Waals surface area contributed by atoms with E-state index in [9.17, 15) is 29.4 Å². The van der Waals surface area contributed by atoms with E-state index in [4.69, 9.17) is 15.3 Å². The number of nitrogens with one attached hydrogen (secondary N) is 1. The predicted molar refractivity (Wildman–Crippen MR) is 180 cm³/mol. The van der Waals surface area contributed by atoms with Crippen LogP contribution in [0.2, 0.25) is 0 Å². The molecule has 6 N–H and O–H groups in total. The van der Waals surface area contributed by atoms with Gasteiger partial charge in [-0.15, -0.1) is 0 Å². The molecule has 0 spiro atoms. The number of aliphatic hydroxyl groups is 4. The van der Waals surface area contributed by atoms with Crippen molar-refractivity contribution < 1.29 is 49.4 Å². The molecule has 0 fully saturated rings. The smallest absolute Gasteiger partial charge is 0.316 e. The Balaban J connectivity index is 0.000000367. The van der Waals surface area contributed by atoms with Gasteiger partial charge in [-0.1, -0.05) is 70.6 Å². The fraction of sp³-hybridized carbons (Fsp3) is 0.472. The molecule has 48 heavy (non-hydrogen) atoms. The minimum Gasteiger partial charge on any atom is -0.506 e. The fourth-order valence-electron chi connectivity index (χ4n) is 4.77. The maximum Gasteiger partial charge on any atom is 0.316 e. The van der Waals surface area contributed by atoms with Crippen LogP contribution in [-0.4, -0.2) is 93.5 Å². The third kappa shape index (κ3) is 10.4. The quantitative estimate of drug-likeness (QED) is 0.0880. The Bertz CT molecular complexity index is 1530. The number of benzene rings is 2. The summed E-state index contributed by atoms with van der Waals surface area (Å²) < 4.78 is 4.34. The summed E-state index contributed by atoms with van der Waals surface area (Å²) in [7, 11) is 1.21. The zero-order chi connectivity index (χ0) is 35.9. The Labute approximate surface area is 280 Å². The number of pyridine rings is 1. The molecule has 12 nitrogen and oxygen atoms in total. The first-order valence-corrected chi connectivity index (χ1v) is 16.1. The van der Waals surface area contributed by atoms with Gasteiger partial charge in [0.25, 0.3) is 5.91 Å². The molecule has 0 bridgehead atoms. The molecule has 1 heterocycles. The Hall–Kier alpha value is -4.23. The number of fused-ring (bicyclic) bond motifs is 2. The number of aliphatic hydroxyl groups excluding tert-OH is 4. The molecule has 4 rings (SSSR count). The lowest BCUT2D eigenvalue weighted by Crippen LogP contribution is -2.36. The van der Waals surface area contributed by atoms with Crippen LogP contribution >= 0.6 is 0 Å². The van der Waals surface area contributed by atoms with E-state index >= 15 is 0 Å². The first kappa shape index (κ1) is 39.9. The SMILES string of the molecule is CCCCCCCC.COC(=O)C(C)(CO)CO.O=C(NCC(O)CO)c1ccc2c(c1)C(=O)C(c1nc3ccccc3cc1O)C2=O. The summed E-state index contributed by atoms with van der Waals surface area (Å²) in [6.07, 6.45) is 7.39. The van der Waals surface area contributed by atoms with Gasteiger partial charge in [0, 0.05) is 28.6 Å². The molecule has 3 aromatic rings. The number of carbonyl (C=O) groups excluding carboxylic acids is 4. The second kappa shape index (κ2) is 19.6. The largest absolute Gasteiger partial charge is 0.506 e. The van der Waals surface area contributed by atoms with Crippen molar-refractivity contribution in [3.63, 3.8) is 0 Å². The van der Waals surface area contributed by atoms with Crippen LogP contribution in [0, 0.1) is 5.41 Å². The van der Waals surface area contributed by atoms with Crippen molar-refractivity contribution in [3.05, 3.63) is 70.9 Å². The van der Waals surface area contributed by atoms with Crippen LogP contribution in [0.25, 0.3) is 10.9 Å². The number of ketones is 2. The van der Waals surface area contributed by atoms with E-state index in [1.807, 2.05) is 0 Å². The highest BCUT2D eigenvalue weighted by Gasteiger charge is 2.42. The number of hydrogen-bond donors (Lipinski definition) is 6. The zero-order valence-electron chi connectivity index (χ0n) is 28.1. The van der Waals surface area contributed by atoms with Crippen molar-refractivity contribution >= 4 is 34.3 Å². The van der Waals surface area contributed by atoms with Gasteiger partial charge in [0.05, 0.1) is 38.6 Å². The first-order chi connectivity index (χ1) is 22.9. The maximum atomic E-state index is 13.0. The fourth-order valence-corrected chi connectivity index (χ4v) is 4.77. The van der Waals surface area contributed by atoms with E-state index in [1.165, 1.54) is 76.8 Å². The number of aromatic hydroxyl groups is 1. The van der Waals surface area contributed by atoms with E-state index in [0.717, 1.165) is 0 Å². The number of unbranched alkanes of at least 4 members (excludes halogenated alkanes) is 5. The number of rotatable bonds is 13. The van der Waals surface area contributed by atoms with Crippen molar-refractivity contribution in [2.45, 2.75) is 71.3 Å². The van der Waals surface area contributed by atoms with Gasteiger partial charge in [-0.3, -0.25) is 19.2 Å². The molecular weight excluding hydrogens is 620 g/mol. The van der Waals surface area contributed by atoms with Crippen molar-refractivity contribution in [2.75, 3.05) is 33.5 Å². The number of hydrogen-bond acceptors (Lipinski definition) is 11. The summed E-state index contributed by atoms with van der Waals surface area (Å²) in [5.41, 5.74) is -0.256. The van der Waals surface area contributed by atoms with E-state index in [1.54, 1.807) is 24.3 Å². The second-order valence-corrected chi connectivity index (χ2v) is 11.8. The van der Waals surface area contributed by atoms with Gasteiger partial charge in [-0.25, -0.2) is 4.98 Å². The van der Waals surface area contributed by atoms with Crippen molar-refractivity contribution in [2.24, 2.45) is 5.41 Å². The molecule has 1 aliphatic carbocycles. The van der Waals surface area contributed by atoms with Crippen LogP contribution in [-0.2, 0) is 9.53 Å². The second-order valence-electron chi connectivity index (χ2n) is 11.8. The molecule has 12 heteroatoms. The van der Waals surface area contributed by atoms with Gasteiger partial charge in [-0.05, 0) is 37.3 Å². The molecule has 1 amide bonds. The van der Waals surface area contributed by atoms with Gasteiger partial charge in [-0.2, -0.15) is 0 Å². The maximum absolute atomic E-state index is 13.0. The van der Waals surface area contributed by atoms with Gasteiger partial charge >= 0.3 is 5.97 Å². The normalized spacial score (nSPS) is 14.3. The first-order valence-electron chi connectivity index (χ1n) is 16.1. The van der Waals surface area contributed by atoms with E-state index in [2.05, 4.69) is 28.9 Å². The lowest BCUT2D eigenvalue weighted by molar-refractivity contribution is -0.156. The lowest BCUT2D eigenvalue weighted by atomic mass is 9.93. The molecule has 0 aliphatic heterocycles. The monoisotopic (exact) mass is 668 g/mol. The number of Topliss-reactive ketones (excluding diaryl/α,β-unsaturated/α-hetero) is 2. The summed E-state index contributed by atoms with van der Waals surface area (Å²) in [5.74, 6) is -3.71. The van der Waals surface area contributed by atoms with Crippen LogP contribution in [0.5, 0.6) is 5.75 Å². The summed E-state index contributed by atoms with van der Waals surface area (Å²) in [6, 6.07) is 12.6. The number of methoxy groups -OCH3 is 1. The van der Waals surface area contributed by atoms with Gasteiger partial charge < -0.3 is 35.6 Å². The number of aromatic nitrogens is 1. The van der Waals surface area contributed by atoms with Crippen molar-refractivity contribution in [1.29, 1.82) is 0 Å². The molecule has 2 unspecified atom stereocenters. The number of amides is 1.